The van der Waals surface area contributed by atoms with Gasteiger partial charge in [0.05, 0.1) is 0 Å². The standard InChI is InChI=1S/C9H6O2S2/c10-9(11)8-3-7(5-13-8)6-1-2-12-4-6/h1-5H,(H,10,11). The largest absolute Gasteiger partial charge is 0.477 e. The fourth-order valence-corrected chi connectivity index (χ4v) is 2.45. The van der Waals surface area contributed by atoms with Crippen LogP contribution in [0.4, 0.5) is 0 Å². The van der Waals surface area contributed by atoms with Gasteiger partial charge in [0.2, 0.25) is 0 Å². The third-order valence-corrected chi connectivity index (χ3v) is 3.27. The lowest BCUT2D eigenvalue weighted by Crippen LogP contribution is -1.89. The van der Waals surface area contributed by atoms with Gasteiger partial charge in [-0.15, -0.1) is 11.3 Å². The minimum Gasteiger partial charge on any atom is -0.477 e. The van der Waals surface area contributed by atoms with Gasteiger partial charge in [-0.1, -0.05) is 0 Å². The van der Waals surface area contributed by atoms with Crippen molar-refractivity contribution < 1.29 is 9.90 Å². The summed E-state index contributed by atoms with van der Waals surface area (Å²) >= 11 is 2.87. The number of carboxylic acids is 1. The summed E-state index contributed by atoms with van der Waals surface area (Å²) in [6.07, 6.45) is 0. The molecule has 2 nitrogen and oxygen atoms in total. The summed E-state index contributed by atoms with van der Waals surface area (Å²) in [7, 11) is 0. The summed E-state index contributed by atoms with van der Waals surface area (Å²) in [6.45, 7) is 0. The summed E-state index contributed by atoms with van der Waals surface area (Å²) in [6, 6.07) is 3.69. The van der Waals surface area contributed by atoms with Crippen molar-refractivity contribution in [3.63, 3.8) is 0 Å². The van der Waals surface area contributed by atoms with Crippen LogP contribution in [0.3, 0.4) is 0 Å². The van der Waals surface area contributed by atoms with E-state index in [1.807, 2.05) is 22.2 Å². The molecule has 1 N–H and O–H groups in total. The Kier molecular flexibility index (Phi) is 2.16. The van der Waals surface area contributed by atoms with Gasteiger partial charge in [-0.3, -0.25) is 0 Å². The van der Waals surface area contributed by atoms with Crippen LogP contribution in [0.15, 0.2) is 28.3 Å². The number of carbonyl (C=O) groups is 1. The number of hydrogen-bond acceptors (Lipinski definition) is 3. The summed E-state index contributed by atoms with van der Waals surface area (Å²) in [5, 5.41) is 14.6. The maximum Gasteiger partial charge on any atom is 0.345 e. The smallest absolute Gasteiger partial charge is 0.345 e. The Labute approximate surface area is 83.1 Å². The van der Waals surface area contributed by atoms with Crippen LogP contribution in [-0.4, -0.2) is 11.1 Å². The summed E-state index contributed by atoms with van der Waals surface area (Å²) < 4.78 is 0. The number of thiophene rings is 2. The van der Waals surface area contributed by atoms with E-state index >= 15 is 0 Å². The average Bonchev–Trinajstić information content (AvgIpc) is 2.75. The second-order valence-corrected chi connectivity index (χ2v) is 4.21. The molecule has 0 aliphatic rings. The molecule has 0 unspecified atom stereocenters. The van der Waals surface area contributed by atoms with Gasteiger partial charge in [0, 0.05) is 0 Å². The SMILES string of the molecule is O=C(O)c1cc(-c2ccsc2)cs1. The van der Waals surface area contributed by atoms with Crippen LogP contribution in [0.25, 0.3) is 11.1 Å². The molecular formula is C9H6O2S2. The number of hydrogen-bond donors (Lipinski definition) is 1. The monoisotopic (exact) mass is 210 g/mol. The molecule has 0 saturated carbocycles. The minimum absolute atomic E-state index is 0.390. The Morgan fingerprint density at radius 3 is 2.69 bits per heavy atom. The topological polar surface area (TPSA) is 37.3 Å². The Balaban J connectivity index is 2.39. The van der Waals surface area contributed by atoms with E-state index in [1.165, 1.54) is 11.3 Å². The van der Waals surface area contributed by atoms with E-state index in [0.29, 0.717) is 4.88 Å². The lowest BCUT2D eigenvalue weighted by Gasteiger charge is -1.87. The molecule has 0 spiro atoms. The maximum atomic E-state index is 10.6. The molecule has 13 heavy (non-hydrogen) atoms. The van der Waals surface area contributed by atoms with Gasteiger partial charge in [-0.05, 0) is 39.4 Å². The van der Waals surface area contributed by atoms with Crippen molar-refractivity contribution in [1.82, 2.24) is 0 Å². The van der Waals surface area contributed by atoms with Crippen LogP contribution in [0.2, 0.25) is 0 Å². The highest BCUT2D eigenvalue weighted by Crippen LogP contribution is 2.27. The summed E-state index contributed by atoms with van der Waals surface area (Å²) in [5.41, 5.74) is 2.08. The van der Waals surface area contributed by atoms with E-state index in [4.69, 9.17) is 5.11 Å². The second-order valence-electron chi connectivity index (χ2n) is 2.52. The first-order chi connectivity index (χ1) is 6.27. The van der Waals surface area contributed by atoms with Crippen LogP contribution in [-0.2, 0) is 0 Å². The van der Waals surface area contributed by atoms with Crippen LogP contribution < -0.4 is 0 Å². The zero-order valence-electron chi connectivity index (χ0n) is 6.56. The van der Waals surface area contributed by atoms with Crippen LogP contribution in [0.5, 0.6) is 0 Å². The number of aromatic carboxylic acids is 1. The molecule has 2 heterocycles. The van der Waals surface area contributed by atoms with Gasteiger partial charge < -0.3 is 5.11 Å². The number of rotatable bonds is 2. The first-order valence-electron chi connectivity index (χ1n) is 3.62. The molecule has 0 amide bonds. The molecule has 0 fully saturated rings. The molecule has 66 valence electrons. The quantitative estimate of drug-likeness (QED) is 0.826. The molecular weight excluding hydrogens is 204 g/mol. The van der Waals surface area contributed by atoms with E-state index in [-0.39, 0.29) is 0 Å². The molecule has 2 aromatic heterocycles. The van der Waals surface area contributed by atoms with Crippen molar-refractivity contribution >= 4 is 28.6 Å². The van der Waals surface area contributed by atoms with Crippen molar-refractivity contribution in [3.8, 4) is 11.1 Å². The average molecular weight is 210 g/mol. The zero-order chi connectivity index (χ0) is 9.26. The summed E-state index contributed by atoms with van der Waals surface area (Å²) in [4.78, 5) is 11.0. The Morgan fingerprint density at radius 2 is 2.15 bits per heavy atom. The lowest BCUT2D eigenvalue weighted by atomic mass is 10.2. The van der Waals surface area contributed by atoms with Gasteiger partial charge in [-0.2, -0.15) is 11.3 Å². The van der Waals surface area contributed by atoms with Gasteiger partial charge >= 0.3 is 5.97 Å². The van der Waals surface area contributed by atoms with Gasteiger partial charge in [0.25, 0.3) is 0 Å². The first kappa shape index (κ1) is 8.47. The third-order valence-electron chi connectivity index (χ3n) is 1.66. The second kappa shape index (κ2) is 3.32. The van der Waals surface area contributed by atoms with Gasteiger partial charge in [0.1, 0.15) is 4.88 Å². The van der Waals surface area contributed by atoms with Crippen molar-refractivity contribution in [2.75, 3.05) is 0 Å². The highest BCUT2D eigenvalue weighted by atomic mass is 32.1. The fourth-order valence-electron chi connectivity index (χ4n) is 1.03. The predicted octanol–water partition coefficient (Wildman–Crippen LogP) is 3.17. The fraction of sp³-hybridized carbons (Fsp3) is 0. The zero-order valence-corrected chi connectivity index (χ0v) is 8.19. The molecule has 4 heteroatoms. The predicted molar refractivity (Wildman–Crippen MR) is 54.6 cm³/mol. The van der Waals surface area contributed by atoms with Crippen molar-refractivity contribution in [1.29, 1.82) is 0 Å². The highest BCUT2D eigenvalue weighted by Gasteiger charge is 2.07. The molecule has 2 aromatic rings. The van der Waals surface area contributed by atoms with Crippen LogP contribution in [0.1, 0.15) is 9.67 Å². The molecule has 0 aliphatic heterocycles. The lowest BCUT2D eigenvalue weighted by molar-refractivity contribution is 0.0702. The normalized spacial score (nSPS) is 10.2. The van der Waals surface area contributed by atoms with E-state index < -0.39 is 5.97 Å². The van der Waals surface area contributed by atoms with E-state index in [2.05, 4.69) is 0 Å². The van der Waals surface area contributed by atoms with Crippen molar-refractivity contribution in [3.05, 3.63) is 33.2 Å². The molecule has 0 radical (unpaired) electrons. The van der Waals surface area contributed by atoms with Crippen LogP contribution in [0, 0.1) is 0 Å². The van der Waals surface area contributed by atoms with Gasteiger partial charge in [-0.25, -0.2) is 4.79 Å². The van der Waals surface area contributed by atoms with E-state index in [1.54, 1.807) is 17.4 Å². The first-order valence-corrected chi connectivity index (χ1v) is 5.44. The molecule has 2 rings (SSSR count). The van der Waals surface area contributed by atoms with E-state index in [0.717, 1.165) is 11.1 Å². The molecule has 0 aliphatic carbocycles. The van der Waals surface area contributed by atoms with Gasteiger partial charge in [0.15, 0.2) is 0 Å². The molecule has 0 atom stereocenters. The maximum absolute atomic E-state index is 10.6. The third kappa shape index (κ3) is 1.64. The van der Waals surface area contributed by atoms with E-state index in [9.17, 15) is 4.79 Å². The van der Waals surface area contributed by atoms with Crippen molar-refractivity contribution in [2.45, 2.75) is 0 Å². The molecule has 0 saturated heterocycles. The Morgan fingerprint density at radius 1 is 1.31 bits per heavy atom. The number of carboxylic acid groups (broad SMARTS) is 1. The minimum atomic E-state index is -0.855. The van der Waals surface area contributed by atoms with Crippen molar-refractivity contribution in [2.24, 2.45) is 0 Å². The Bertz CT molecular complexity index is 415. The molecule has 0 bridgehead atoms. The Hall–Kier alpha value is -1.13. The van der Waals surface area contributed by atoms with Crippen LogP contribution >= 0.6 is 22.7 Å². The highest BCUT2D eigenvalue weighted by molar-refractivity contribution is 7.12. The summed E-state index contributed by atoms with van der Waals surface area (Å²) in [5.74, 6) is -0.855. The molecule has 0 aromatic carbocycles.